The Morgan fingerprint density at radius 2 is 2.36 bits per heavy atom. The number of ether oxygens (including phenoxy) is 1. The van der Waals surface area contributed by atoms with E-state index in [9.17, 15) is 0 Å². The van der Waals surface area contributed by atoms with Crippen molar-refractivity contribution in [3.63, 3.8) is 0 Å². The van der Waals surface area contributed by atoms with Crippen LogP contribution in [0.1, 0.15) is 26.2 Å². The van der Waals surface area contributed by atoms with E-state index in [1.807, 2.05) is 0 Å². The molecule has 2 aliphatic rings. The average Bonchev–Trinajstić information content (AvgIpc) is 2.36. The summed E-state index contributed by atoms with van der Waals surface area (Å²) < 4.78 is 5.63. The summed E-state index contributed by atoms with van der Waals surface area (Å²) in [6.45, 7) is 7.35. The van der Waals surface area contributed by atoms with Crippen molar-refractivity contribution < 1.29 is 4.74 Å². The largest absolute Gasteiger partial charge is 0.378 e. The molecule has 0 aromatic carbocycles. The normalized spacial score (nSPS) is 44.1. The van der Waals surface area contributed by atoms with Crippen LogP contribution < -0.4 is 0 Å². The molecule has 3 unspecified atom stereocenters. The molecular weight excluding hydrogens is 136 g/mol. The standard InChI is InChI=1S/C10H16O/c1-7-5-9-3-4-11-10(9)6-8(7)2/h8-10H,1,3-6H2,2H3. The fraction of sp³-hybridized carbons (Fsp3) is 0.800. The van der Waals surface area contributed by atoms with Crippen LogP contribution in [0.3, 0.4) is 0 Å². The molecule has 0 aromatic rings. The van der Waals surface area contributed by atoms with Gasteiger partial charge < -0.3 is 4.74 Å². The van der Waals surface area contributed by atoms with Crippen molar-refractivity contribution >= 4 is 0 Å². The second kappa shape index (κ2) is 2.63. The van der Waals surface area contributed by atoms with Gasteiger partial charge in [0.1, 0.15) is 0 Å². The topological polar surface area (TPSA) is 9.23 Å². The molecule has 2 rings (SSSR count). The summed E-state index contributed by atoms with van der Waals surface area (Å²) in [4.78, 5) is 0. The molecule has 1 saturated heterocycles. The van der Waals surface area contributed by atoms with E-state index < -0.39 is 0 Å². The van der Waals surface area contributed by atoms with Crippen molar-refractivity contribution in [2.24, 2.45) is 11.8 Å². The van der Waals surface area contributed by atoms with Gasteiger partial charge in [-0.25, -0.2) is 0 Å². The second-order valence-corrected chi connectivity index (χ2v) is 3.96. The van der Waals surface area contributed by atoms with Crippen LogP contribution in [0.15, 0.2) is 12.2 Å². The third kappa shape index (κ3) is 1.22. The minimum atomic E-state index is 0.565. The minimum Gasteiger partial charge on any atom is -0.378 e. The van der Waals surface area contributed by atoms with E-state index in [0.717, 1.165) is 12.5 Å². The maximum atomic E-state index is 5.63. The molecule has 2 fully saturated rings. The lowest BCUT2D eigenvalue weighted by Crippen LogP contribution is -2.26. The van der Waals surface area contributed by atoms with Crippen LogP contribution in [0.5, 0.6) is 0 Å². The molecule has 3 atom stereocenters. The Hall–Kier alpha value is -0.300. The van der Waals surface area contributed by atoms with Gasteiger partial charge in [-0.05, 0) is 31.1 Å². The molecule has 62 valence electrons. The lowest BCUT2D eigenvalue weighted by molar-refractivity contribution is 0.0635. The molecule has 1 nitrogen and oxygen atoms in total. The Morgan fingerprint density at radius 3 is 3.18 bits per heavy atom. The highest BCUT2D eigenvalue weighted by atomic mass is 16.5. The van der Waals surface area contributed by atoms with Gasteiger partial charge >= 0.3 is 0 Å². The van der Waals surface area contributed by atoms with E-state index in [4.69, 9.17) is 4.74 Å². The number of allylic oxidation sites excluding steroid dienone is 1. The van der Waals surface area contributed by atoms with Crippen LogP contribution in [0.2, 0.25) is 0 Å². The van der Waals surface area contributed by atoms with Crippen LogP contribution in [0.25, 0.3) is 0 Å². The van der Waals surface area contributed by atoms with E-state index in [2.05, 4.69) is 13.5 Å². The lowest BCUT2D eigenvalue weighted by atomic mass is 9.78. The quantitative estimate of drug-likeness (QED) is 0.484. The Morgan fingerprint density at radius 1 is 1.55 bits per heavy atom. The minimum absolute atomic E-state index is 0.565. The Kier molecular flexibility index (Phi) is 1.76. The molecule has 0 bridgehead atoms. The molecule has 1 heteroatoms. The molecule has 1 aliphatic heterocycles. The smallest absolute Gasteiger partial charge is 0.0612 e. The molecule has 0 N–H and O–H groups in total. The molecule has 11 heavy (non-hydrogen) atoms. The first kappa shape index (κ1) is 7.35. The molecule has 0 radical (unpaired) electrons. The highest BCUT2D eigenvalue weighted by Gasteiger charge is 2.34. The third-order valence-electron chi connectivity index (χ3n) is 3.15. The van der Waals surface area contributed by atoms with Crippen molar-refractivity contribution in [1.29, 1.82) is 0 Å². The Labute approximate surface area is 68.4 Å². The fourth-order valence-corrected chi connectivity index (χ4v) is 2.24. The van der Waals surface area contributed by atoms with Crippen LogP contribution in [0.4, 0.5) is 0 Å². The number of hydrogen-bond donors (Lipinski definition) is 0. The monoisotopic (exact) mass is 152 g/mol. The number of rotatable bonds is 0. The van der Waals surface area contributed by atoms with Gasteiger partial charge in [0, 0.05) is 6.61 Å². The first-order valence-corrected chi connectivity index (χ1v) is 4.56. The second-order valence-electron chi connectivity index (χ2n) is 3.96. The average molecular weight is 152 g/mol. The van der Waals surface area contributed by atoms with Crippen LogP contribution >= 0.6 is 0 Å². The van der Waals surface area contributed by atoms with Crippen molar-refractivity contribution in [3.05, 3.63) is 12.2 Å². The molecule has 0 spiro atoms. The first-order valence-electron chi connectivity index (χ1n) is 4.56. The van der Waals surface area contributed by atoms with Gasteiger partial charge in [0.2, 0.25) is 0 Å². The van der Waals surface area contributed by atoms with Crippen LogP contribution in [-0.2, 0) is 4.74 Å². The maximum Gasteiger partial charge on any atom is 0.0612 e. The van der Waals surface area contributed by atoms with Gasteiger partial charge in [0.25, 0.3) is 0 Å². The predicted molar refractivity (Wildman–Crippen MR) is 45.4 cm³/mol. The number of fused-ring (bicyclic) bond motifs is 1. The maximum absolute atomic E-state index is 5.63. The molecule has 0 amide bonds. The van der Waals surface area contributed by atoms with Gasteiger partial charge in [-0.2, -0.15) is 0 Å². The van der Waals surface area contributed by atoms with E-state index in [1.54, 1.807) is 0 Å². The predicted octanol–water partition coefficient (Wildman–Crippen LogP) is 2.38. The Balaban J connectivity index is 2.06. The van der Waals surface area contributed by atoms with Crippen LogP contribution in [-0.4, -0.2) is 12.7 Å². The lowest BCUT2D eigenvalue weighted by Gasteiger charge is -2.30. The third-order valence-corrected chi connectivity index (χ3v) is 3.15. The Bertz CT molecular complexity index is 174. The summed E-state index contributed by atoms with van der Waals surface area (Å²) in [5, 5.41) is 0. The molecule has 0 aromatic heterocycles. The highest BCUT2D eigenvalue weighted by molar-refractivity contribution is 5.07. The van der Waals surface area contributed by atoms with E-state index in [1.165, 1.54) is 24.8 Å². The van der Waals surface area contributed by atoms with Gasteiger partial charge in [0.15, 0.2) is 0 Å². The van der Waals surface area contributed by atoms with Gasteiger partial charge in [-0.3, -0.25) is 0 Å². The van der Waals surface area contributed by atoms with Crippen molar-refractivity contribution in [3.8, 4) is 0 Å². The summed E-state index contributed by atoms with van der Waals surface area (Å²) in [5.74, 6) is 1.49. The molecular formula is C10H16O. The van der Waals surface area contributed by atoms with E-state index in [0.29, 0.717) is 12.0 Å². The van der Waals surface area contributed by atoms with Crippen molar-refractivity contribution in [2.75, 3.05) is 6.61 Å². The zero-order valence-corrected chi connectivity index (χ0v) is 7.18. The zero-order valence-electron chi connectivity index (χ0n) is 7.18. The first-order chi connectivity index (χ1) is 5.27. The zero-order chi connectivity index (χ0) is 7.84. The van der Waals surface area contributed by atoms with Gasteiger partial charge in [0.05, 0.1) is 6.10 Å². The SMILES string of the molecule is C=C1CC2CCOC2CC1C. The van der Waals surface area contributed by atoms with E-state index >= 15 is 0 Å². The summed E-state index contributed by atoms with van der Waals surface area (Å²) in [6.07, 6.45) is 4.25. The number of hydrogen-bond acceptors (Lipinski definition) is 1. The fourth-order valence-electron chi connectivity index (χ4n) is 2.24. The van der Waals surface area contributed by atoms with E-state index in [-0.39, 0.29) is 0 Å². The van der Waals surface area contributed by atoms with Crippen molar-refractivity contribution in [1.82, 2.24) is 0 Å². The molecule has 1 saturated carbocycles. The molecule has 1 aliphatic carbocycles. The van der Waals surface area contributed by atoms with Crippen LogP contribution in [0, 0.1) is 11.8 Å². The highest BCUT2D eigenvalue weighted by Crippen LogP contribution is 2.39. The van der Waals surface area contributed by atoms with Gasteiger partial charge in [-0.1, -0.05) is 19.1 Å². The summed E-state index contributed by atoms with van der Waals surface area (Å²) in [7, 11) is 0. The summed E-state index contributed by atoms with van der Waals surface area (Å²) in [5.41, 5.74) is 1.44. The van der Waals surface area contributed by atoms with Gasteiger partial charge in [-0.15, -0.1) is 0 Å². The molecule has 1 heterocycles. The summed E-state index contributed by atoms with van der Waals surface area (Å²) >= 11 is 0. The van der Waals surface area contributed by atoms with Crippen molar-refractivity contribution in [2.45, 2.75) is 32.3 Å². The summed E-state index contributed by atoms with van der Waals surface area (Å²) in [6, 6.07) is 0.